The van der Waals surface area contributed by atoms with E-state index in [0.717, 1.165) is 28.0 Å². The Bertz CT molecular complexity index is 693. The second-order valence-corrected chi connectivity index (χ2v) is 6.64. The quantitative estimate of drug-likeness (QED) is 0.445. The van der Waals surface area contributed by atoms with Crippen LogP contribution in [0.3, 0.4) is 0 Å². The van der Waals surface area contributed by atoms with Crippen molar-refractivity contribution in [2.75, 3.05) is 13.1 Å². The van der Waals surface area contributed by atoms with Crippen LogP contribution in [0, 0.1) is 20.8 Å². The van der Waals surface area contributed by atoms with E-state index in [1.54, 1.807) is 13.8 Å². The van der Waals surface area contributed by atoms with Crippen LogP contribution in [0.15, 0.2) is 4.99 Å². The summed E-state index contributed by atoms with van der Waals surface area (Å²) in [6, 6.07) is 0. The highest BCUT2D eigenvalue weighted by Crippen LogP contribution is 2.43. The maximum absolute atomic E-state index is 12.6. The summed E-state index contributed by atoms with van der Waals surface area (Å²) in [4.78, 5) is 16.6. The number of nitrogens with two attached hydrogens (primary N) is 1. The van der Waals surface area contributed by atoms with Crippen LogP contribution in [-0.4, -0.2) is 35.5 Å². The van der Waals surface area contributed by atoms with E-state index in [-0.39, 0.29) is 5.91 Å². The van der Waals surface area contributed by atoms with Crippen molar-refractivity contribution in [2.45, 2.75) is 53.1 Å². The Kier molecular flexibility index (Phi) is 5.06. The lowest BCUT2D eigenvalue weighted by Crippen LogP contribution is -2.51. The molecule has 0 radical (unpaired) electrons. The topological polar surface area (TPSA) is 96.9 Å². The van der Waals surface area contributed by atoms with Crippen LogP contribution in [0.5, 0.6) is 11.5 Å². The van der Waals surface area contributed by atoms with Gasteiger partial charge in [0.25, 0.3) is 5.91 Å². The van der Waals surface area contributed by atoms with Gasteiger partial charge in [-0.2, -0.15) is 0 Å². The minimum Gasteiger partial charge on any atom is -0.507 e. The number of benzene rings is 1. The number of phenolic OH excluding ortho intramolecular Hbond substituents is 1. The van der Waals surface area contributed by atoms with Gasteiger partial charge in [-0.05, 0) is 57.7 Å². The third-order valence-corrected chi connectivity index (χ3v) is 4.76. The van der Waals surface area contributed by atoms with Crippen molar-refractivity contribution in [3.63, 3.8) is 0 Å². The number of amidine groups is 1. The molecular weight excluding hydrogens is 306 g/mol. The van der Waals surface area contributed by atoms with Crippen LogP contribution in [0.1, 0.15) is 42.5 Å². The molecule has 2 rings (SSSR count). The Balaban J connectivity index is 2.19. The number of ether oxygens (including phenoxy) is 1. The van der Waals surface area contributed by atoms with Gasteiger partial charge < -0.3 is 20.9 Å². The zero-order valence-electron chi connectivity index (χ0n) is 15.1. The average Bonchev–Trinajstić information content (AvgIpc) is 2.54. The van der Waals surface area contributed by atoms with E-state index in [4.69, 9.17) is 10.5 Å². The summed E-state index contributed by atoms with van der Waals surface area (Å²) in [5, 5.41) is 13.1. The summed E-state index contributed by atoms with van der Waals surface area (Å²) in [7, 11) is 0. The molecule has 1 unspecified atom stereocenters. The van der Waals surface area contributed by atoms with E-state index >= 15 is 0 Å². The molecule has 0 saturated carbocycles. The number of hydrogen-bond donors (Lipinski definition) is 3. The monoisotopic (exact) mass is 333 g/mol. The molecule has 1 amide bonds. The molecule has 0 saturated heterocycles. The van der Waals surface area contributed by atoms with Gasteiger partial charge in [0, 0.05) is 18.5 Å². The molecule has 132 valence electrons. The van der Waals surface area contributed by atoms with Crippen molar-refractivity contribution in [2.24, 2.45) is 10.7 Å². The zero-order chi connectivity index (χ0) is 18.1. The van der Waals surface area contributed by atoms with Crippen molar-refractivity contribution >= 4 is 11.7 Å². The van der Waals surface area contributed by atoms with Gasteiger partial charge in [-0.3, -0.25) is 9.79 Å². The molecule has 1 aromatic carbocycles. The molecule has 6 nitrogen and oxygen atoms in total. The minimum atomic E-state index is -0.922. The molecule has 4 N–H and O–H groups in total. The van der Waals surface area contributed by atoms with E-state index in [1.165, 1.54) is 0 Å². The first kappa shape index (κ1) is 18.1. The molecule has 6 heteroatoms. The lowest BCUT2D eigenvalue weighted by atomic mass is 9.86. The highest BCUT2D eigenvalue weighted by atomic mass is 16.5. The van der Waals surface area contributed by atoms with Gasteiger partial charge in [0.15, 0.2) is 5.60 Å². The summed E-state index contributed by atoms with van der Waals surface area (Å²) >= 11 is 0. The van der Waals surface area contributed by atoms with Crippen LogP contribution < -0.4 is 15.8 Å². The van der Waals surface area contributed by atoms with Crippen LogP contribution in [0.4, 0.5) is 0 Å². The minimum absolute atomic E-state index is 0.152. The molecule has 1 heterocycles. The van der Waals surface area contributed by atoms with E-state index in [2.05, 4.69) is 10.3 Å². The fourth-order valence-electron chi connectivity index (χ4n) is 3.00. The van der Waals surface area contributed by atoms with Gasteiger partial charge >= 0.3 is 0 Å². The van der Waals surface area contributed by atoms with Gasteiger partial charge in [0.05, 0.1) is 12.4 Å². The van der Waals surface area contributed by atoms with Crippen molar-refractivity contribution < 1.29 is 14.6 Å². The average molecular weight is 333 g/mol. The molecule has 0 aliphatic carbocycles. The van der Waals surface area contributed by atoms with Crippen LogP contribution >= 0.6 is 0 Å². The lowest BCUT2D eigenvalue weighted by Gasteiger charge is -2.36. The molecule has 0 aromatic heterocycles. The number of carbonyl (C=O) groups excluding carboxylic acids is 1. The lowest BCUT2D eigenvalue weighted by molar-refractivity contribution is -0.136. The third kappa shape index (κ3) is 3.32. The van der Waals surface area contributed by atoms with Crippen molar-refractivity contribution in [3.8, 4) is 11.5 Å². The van der Waals surface area contributed by atoms with Gasteiger partial charge in [-0.1, -0.05) is 0 Å². The van der Waals surface area contributed by atoms with E-state index in [1.807, 2.05) is 20.8 Å². The first-order chi connectivity index (χ1) is 11.2. The molecule has 0 fully saturated rings. The van der Waals surface area contributed by atoms with Crippen molar-refractivity contribution in [3.05, 3.63) is 22.3 Å². The van der Waals surface area contributed by atoms with Crippen molar-refractivity contribution in [1.82, 2.24) is 5.32 Å². The Hall–Kier alpha value is -2.24. The fraction of sp³-hybridized carbons (Fsp3) is 0.556. The van der Waals surface area contributed by atoms with Crippen molar-refractivity contribution in [1.29, 1.82) is 0 Å². The normalized spacial score (nSPS) is 20.3. The van der Waals surface area contributed by atoms with Gasteiger partial charge in [0.1, 0.15) is 11.5 Å². The molecular formula is C18H27N3O3. The predicted octanol–water partition coefficient (Wildman–Crippen LogP) is 1.89. The number of hydrogen-bond acceptors (Lipinski definition) is 4. The molecule has 1 aromatic rings. The summed E-state index contributed by atoms with van der Waals surface area (Å²) in [6.45, 7) is 10.1. The second kappa shape index (κ2) is 6.71. The van der Waals surface area contributed by atoms with E-state index < -0.39 is 5.60 Å². The first-order valence-electron chi connectivity index (χ1n) is 8.23. The number of phenols is 1. The number of aliphatic imine (C=N–C) groups is 1. The van der Waals surface area contributed by atoms with Gasteiger partial charge in [-0.25, -0.2) is 0 Å². The largest absolute Gasteiger partial charge is 0.507 e. The number of aromatic hydroxyl groups is 1. The molecule has 0 bridgehead atoms. The van der Waals surface area contributed by atoms with E-state index in [9.17, 15) is 9.90 Å². The number of fused-ring (bicyclic) bond motifs is 1. The zero-order valence-corrected chi connectivity index (χ0v) is 15.1. The number of rotatable bonds is 4. The molecule has 1 aliphatic heterocycles. The molecule has 1 atom stereocenters. The number of carbonyl (C=O) groups is 1. The highest BCUT2D eigenvalue weighted by molar-refractivity contribution is 5.86. The molecule has 24 heavy (non-hydrogen) atoms. The number of amides is 1. The number of nitrogens with zero attached hydrogens (tertiary/aromatic N) is 1. The molecule has 1 aliphatic rings. The van der Waals surface area contributed by atoms with Gasteiger partial charge in [-0.15, -0.1) is 0 Å². The second-order valence-electron chi connectivity index (χ2n) is 6.64. The Labute approximate surface area is 143 Å². The first-order valence-corrected chi connectivity index (χ1v) is 8.23. The molecule has 0 spiro atoms. The number of nitrogens with one attached hydrogen (secondary N) is 1. The Morgan fingerprint density at radius 1 is 1.33 bits per heavy atom. The SMILES string of the molecule is CC(N)=NCCNC(=O)C1(C)CCc2c(C)c(O)c(C)c(C)c2O1. The highest BCUT2D eigenvalue weighted by Gasteiger charge is 2.40. The van der Waals surface area contributed by atoms with Crippen LogP contribution in [-0.2, 0) is 11.2 Å². The maximum atomic E-state index is 12.6. The van der Waals surface area contributed by atoms with Crippen LogP contribution in [0.25, 0.3) is 0 Å². The predicted molar refractivity (Wildman–Crippen MR) is 94.8 cm³/mol. The Morgan fingerprint density at radius 2 is 2.00 bits per heavy atom. The van der Waals surface area contributed by atoms with Crippen LogP contribution in [0.2, 0.25) is 0 Å². The third-order valence-electron chi connectivity index (χ3n) is 4.76. The summed E-state index contributed by atoms with van der Waals surface area (Å²) in [6.07, 6.45) is 1.26. The smallest absolute Gasteiger partial charge is 0.263 e. The summed E-state index contributed by atoms with van der Waals surface area (Å²) in [5.41, 5.74) is 8.06. The Morgan fingerprint density at radius 3 is 2.62 bits per heavy atom. The maximum Gasteiger partial charge on any atom is 0.263 e. The summed E-state index contributed by atoms with van der Waals surface area (Å²) in [5.74, 6) is 1.39. The summed E-state index contributed by atoms with van der Waals surface area (Å²) < 4.78 is 6.12. The fourth-order valence-corrected chi connectivity index (χ4v) is 3.00. The standard InChI is InChI=1S/C18H27N3O3/c1-10-11(2)16-14(12(3)15(10)22)6-7-18(5,24-16)17(23)21-9-8-20-13(4)19/h22H,6-9H2,1-5H3,(H2,19,20)(H,21,23). The van der Waals surface area contributed by atoms with Gasteiger partial charge in [0.2, 0.25) is 0 Å². The van der Waals surface area contributed by atoms with E-state index in [0.29, 0.717) is 37.5 Å².